The Labute approximate surface area is 98.9 Å². The van der Waals surface area contributed by atoms with Crippen LogP contribution in [-0.2, 0) is 6.42 Å². The van der Waals surface area contributed by atoms with Crippen molar-refractivity contribution in [2.75, 3.05) is 7.11 Å². The lowest BCUT2D eigenvalue weighted by atomic mass is 9.99. The van der Waals surface area contributed by atoms with E-state index in [0.717, 1.165) is 23.1 Å². The van der Waals surface area contributed by atoms with Gasteiger partial charge in [0, 0.05) is 10.5 Å². The fraction of sp³-hybridized carbons (Fsp3) is 0.500. The summed E-state index contributed by atoms with van der Waals surface area (Å²) in [7, 11) is 1.72. The lowest BCUT2D eigenvalue weighted by Crippen LogP contribution is -2.11. The predicted octanol–water partition coefficient (Wildman–Crippen LogP) is 3.18. The second kappa shape index (κ2) is 4.54. The van der Waals surface area contributed by atoms with Crippen LogP contribution in [0.3, 0.4) is 0 Å². The molecular weight excluding hydrogens is 254 g/mol. The van der Waals surface area contributed by atoms with E-state index in [9.17, 15) is 0 Å². The largest absolute Gasteiger partial charge is 0.496 e. The summed E-state index contributed by atoms with van der Waals surface area (Å²) in [4.78, 5) is 0. The van der Waals surface area contributed by atoms with E-state index in [-0.39, 0.29) is 6.04 Å². The third-order valence-corrected chi connectivity index (χ3v) is 3.73. The van der Waals surface area contributed by atoms with Crippen LogP contribution in [-0.4, -0.2) is 7.11 Å². The van der Waals surface area contributed by atoms with Crippen LogP contribution in [0.1, 0.15) is 36.4 Å². The highest BCUT2D eigenvalue weighted by Gasteiger charge is 2.20. The Balaban J connectivity index is 2.55. The molecule has 0 heterocycles. The van der Waals surface area contributed by atoms with Gasteiger partial charge in [0.25, 0.3) is 0 Å². The molecule has 0 spiro atoms. The molecule has 3 heteroatoms. The smallest absolute Gasteiger partial charge is 0.122 e. The number of methoxy groups -OCH3 is 1. The molecule has 2 rings (SSSR count). The minimum atomic E-state index is 0.145. The van der Waals surface area contributed by atoms with E-state index in [1.54, 1.807) is 7.11 Å². The number of hydrogen-bond donors (Lipinski definition) is 1. The van der Waals surface area contributed by atoms with Gasteiger partial charge in [-0.1, -0.05) is 22.4 Å². The predicted molar refractivity (Wildman–Crippen MR) is 65.2 cm³/mol. The molecule has 82 valence electrons. The first-order valence-corrected chi connectivity index (χ1v) is 6.14. The third kappa shape index (κ3) is 2.04. The quantitative estimate of drug-likeness (QED) is 0.795. The molecule has 0 saturated heterocycles. The van der Waals surface area contributed by atoms with Crippen LogP contribution in [0.25, 0.3) is 0 Å². The number of rotatable bonds is 1. The molecule has 0 radical (unpaired) electrons. The molecule has 15 heavy (non-hydrogen) atoms. The van der Waals surface area contributed by atoms with Crippen LogP contribution in [0.15, 0.2) is 16.6 Å². The summed E-state index contributed by atoms with van der Waals surface area (Å²) in [6.45, 7) is 0. The summed E-state index contributed by atoms with van der Waals surface area (Å²) in [5.74, 6) is 0.977. The SMILES string of the molecule is COc1ccc(Br)c2c1CCCC[C@@H]2N. The van der Waals surface area contributed by atoms with Crippen LogP contribution in [0.5, 0.6) is 5.75 Å². The Hall–Kier alpha value is -0.540. The standard InChI is InChI=1S/C12H16BrNO/c1-15-11-7-6-9(13)12-8(11)4-2-3-5-10(12)14/h6-7,10H,2-5,14H2,1H3/t10-/m0/s1. The summed E-state index contributed by atoms with van der Waals surface area (Å²) in [5, 5.41) is 0. The van der Waals surface area contributed by atoms with Gasteiger partial charge in [0.05, 0.1) is 7.11 Å². The zero-order valence-electron chi connectivity index (χ0n) is 8.92. The molecule has 2 N–H and O–H groups in total. The molecule has 1 aliphatic rings. The fourth-order valence-electron chi connectivity index (χ4n) is 2.28. The Morgan fingerprint density at radius 3 is 2.93 bits per heavy atom. The first-order valence-electron chi connectivity index (χ1n) is 5.35. The zero-order valence-corrected chi connectivity index (χ0v) is 10.5. The lowest BCUT2D eigenvalue weighted by Gasteiger charge is -2.17. The Bertz CT molecular complexity index is 365. The van der Waals surface area contributed by atoms with Crippen molar-refractivity contribution in [1.29, 1.82) is 0 Å². The molecule has 1 aromatic carbocycles. The Morgan fingerprint density at radius 1 is 1.40 bits per heavy atom. The van der Waals surface area contributed by atoms with Crippen LogP contribution >= 0.6 is 15.9 Å². The monoisotopic (exact) mass is 269 g/mol. The fourth-order valence-corrected chi connectivity index (χ4v) is 2.94. The molecule has 0 saturated carbocycles. The van der Waals surface area contributed by atoms with Gasteiger partial charge in [0.1, 0.15) is 5.75 Å². The minimum absolute atomic E-state index is 0.145. The van der Waals surface area contributed by atoms with Crippen molar-refractivity contribution in [3.8, 4) is 5.75 Å². The van der Waals surface area contributed by atoms with Crippen LogP contribution in [0.4, 0.5) is 0 Å². The topological polar surface area (TPSA) is 35.2 Å². The van der Waals surface area contributed by atoms with E-state index in [1.807, 2.05) is 12.1 Å². The highest BCUT2D eigenvalue weighted by Crippen LogP contribution is 2.37. The molecule has 0 fully saturated rings. The maximum absolute atomic E-state index is 6.19. The first kappa shape index (κ1) is 11.0. The molecule has 2 nitrogen and oxygen atoms in total. The third-order valence-electron chi connectivity index (χ3n) is 3.04. The van der Waals surface area contributed by atoms with Crippen molar-refractivity contribution in [2.24, 2.45) is 5.73 Å². The lowest BCUT2D eigenvalue weighted by molar-refractivity contribution is 0.408. The van der Waals surface area contributed by atoms with Crippen molar-refractivity contribution < 1.29 is 4.74 Å². The number of fused-ring (bicyclic) bond motifs is 1. The number of ether oxygens (including phenoxy) is 1. The molecule has 1 atom stereocenters. The van der Waals surface area contributed by atoms with E-state index in [2.05, 4.69) is 15.9 Å². The Morgan fingerprint density at radius 2 is 2.20 bits per heavy atom. The molecule has 1 aromatic rings. The minimum Gasteiger partial charge on any atom is -0.496 e. The maximum atomic E-state index is 6.19. The van der Waals surface area contributed by atoms with Gasteiger partial charge in [0.15, 0.2) is 0 Å². The highest BCUT2D eigenvalue weighted by molar-refractivity contribution is 9.10. The average molecular weight is 270 g/mol. The summed E-state index contributed by atoms with van der Waals surface area (Å²) in [5.41, 5.74) is 8.72. The van der Waals surface area contributed by atoms with Crippen molar-refractivity contribution in [3.63, 3.8) is 0 Å². The zero-order chi connectivity index (χ0) is 10.8. The van der Waals surface area contributed by atoms with Crippen LogP contribution < -0.4 is 10.5 Å². The Kier molecular flexibility index (Phi) is 3.32. The maximum Gasteiger partial charge on any atom is 0.122 e. The molecule has 0 aliphatic heterocycles. The van der Waals surface area contributed by atoms with E-state index in [4.69, 9.17) is 10.5 Å². The molecule has 0 aromatic heterocycles. The molecule has 0 amide bonds. The number of hydrogen-bond acceptors (Lipinski definition) is 2. The van der Waals surface area contributed by atoms with Gasteiger partial charge in [-0.2, -0.15) is 0 Å². The van der Waals surface area contributed by atoms with E-state index < -0.39 is 0 Å². The van der Waals surface area contributed by atoms with Crippen molar-refractivity contribution >= 4 is 15.9 Å². The normalized spacial score (nSPS) is 20.6. The average Bonchev–Trinajstić information content (AvgIpc) is 2.42. The van der Waals surface area contributed by atoms with Crippen LogP contribution in [0, 0.1) is 0 Å². The summed E-state index contributed by atoms with van der Waals surface area (Å²) >= 11 is 3.58. The summed E-state index contributed by atoms with van der Waals surface area (Å²) < 4.78 is 6.51. The molecule has 1 aliphatic carbocycles. The molecule has 0 bridgehead atoms. The van der Waals surface area contributed by atoms with Gasteiger partial charge in [-0.25, -0.2) is 0 Å². The number of nitrogens with two attached hydrogens (primary N) is 1. The van der Waals surface area contributed by atoms with Gasteiger partial charge in [-0.05, 0) is 42.5 Å². The van der Waals surface area contributed by atoms with E-state index in [0.29, 0.717) is 0 Å². The second-order valence-electron chi connectivity index (χ2n) is 3.99. The summed E-state index contributed by atoms with van der Waals surface area (Å²) in [6.07, 6.45) is 4.55. The van der Waals surface area contributed by atoms with Crippen LogP contribution in [0.2, 0.25) is 0 Å². The molecule has 0 unspecified atom stereocenters. The second-order valence-corrected chi connectivity index (χ2v) is 4.85. The number of benzene rings is 1. The van der Waals surface area contributed by atoms with Crippen molar-refractivity contribution in [2.45, 2.75) is 31.7 Å². The summed E-state index contributed by atoms with van der Waals surface area (Å²) in [6, 6.07) is 4.19. The van der Waals surface area contributed by atoms with Crippen molar-refractivity contribution in [3.05, 3.63) is 27.7 Å². The van der Waals surface area contributed by atoms with Gasteiger partial charge < -0.3 is 10.5 Å². The van der Waals surface area contributed by atoms with E-state index in [1.165, 1.54) is 24.0 Å². The van der Waals surface area contributed by atoms with Gasteiger partial charge in [-0.15, -0.1) is 0 Å². The number of halogens is 1. The van der Waals surface area contributed by atoms with Gasteiger partial charge >= 0.3 is 0 Å². The first-order chi connectivity index (χ1) is 7.24. The molecular formula is C12H16BrNO. The highest BCUT2D eigenvalue weighted by atomic mass is 79.9. The van der Waals surface area contributed by atoms with E-state index >= 15 is 0 Å². The van der Waals surface area contributed by atoms with Gasteiger partial charge in [0.2, 0.25) is 0 Å². The van der Waals surface area contributed by atoms with Crippen molar-refractivity contribution in [1.82, 2.24) is 0 Å². The van der Waals surface area contributed by atoms with Gasteiger partial charge in [-0.3, -0.25) is 0 Å².